The number of hydrogen-bond acceptors (Lipinski definition) is 4. The zero-order valence-corrected chi connectivity index (χ0v) is 20.2. The molecule has 8 heteroatoms. The summed E-state index contributed by atoms with van der Waals surface area (Å²) < 4.78 is 29.5. The molecular formula is C25H30N4O3S. The van der Waals surface area contributed by atoms with Crippen LogP contribution in [0.3, 0.4) is 0 Å². The predicted molar refractivity (Wildman–Crippen MR) is 128 cm³/mol. The average molecular weight is 467 g/mol. The van der Waals surface area contributed by atoms with E-state index in [1.807, 2.05) is 55.8 Å². The predicted octanol–water partition coefficient (Wildman–Crippen LogP) is 3.90. The van der Waals surface area contributed by atoms with Crippen molar-refractivity contribution in [3.8, 4) is 5.69 Å². The topological polar surface area (TPSA) is 84.3 Å². The molecule has 1 aliphatic heterocycles. The maximum absolute atomic E-state index is 13.1. The Morgan fingerprint density at radius 2 is 1.70 bits per heavy atom. The number of aromatic nitrogens is 2. The zero-order chi connectivity index (χ0) is 23.6. The van der Waals surface area contributed by atoms with E-state index < -0.39 is 10.0 Å². The highest BCUT2D eigenvalue weighted by atomic mass is 32.2. The largest absolute Gasteiger partial charge is 0.348 e. The highest BCUT2D eigenvalue weighted by molar-refractivity contribution is 7.89. The molecule has 4 rings (SSSR count). The lowest BCUT2D eigenvalue weighted by atomic mass is 10.1. The van der Waals surface area contributed by atoms with Gasteiger partial charge in [0, 0.05) is 36.5 Å². The summed E-state index contributed by atoms with van der Waals surface area (Å²) >= 11 is 0. The summed E-state index contributed by atoms with van der Waals surface area (Å²) in [4.78, 5) is 13.2. The number of nitrogens with zero attached hydrogens (tertiary/aromatic N) is 3. The minimum Gasteiger partial charge on any atom is -0.348 e. The Bertz CT molecular complexity index is 1260. The number of hydrogen-bond donors (Lipinski definition) is 1. The number of carbonyl (C=O) groups is 1. The molecule has 1 aromatic heterocycles. The third-order valence-corrected chi connectivity index (χ3v) is 8.17. The summed E-state index contributed by atoms with van der Waals surface area (Å²) in [6.45, 7) is 7.09. The van der Waals surface area contributed by atoms with Crippen LogP contribution in [0.15, 0.2) is 53.4 Å². The number of piperidine rings is 1. The number of nitrogens with one attached hydrogen (secondary N) is 1. The van der Waals surface area contributed by atoms with E-state index in [0.29, 0.717) is 25.2 Å². The van der Waals surface area contributed by atoms with Gasteiger partial charge in [0.2, 0.25) is 10.0 Å². The summed E-state index contributed by atoms with van der Waals surface area (Å²) in [6.07, 6.45) is 2.79. The van der Waals surface area contributed by atoms with Crippen LogP contribution < -0.4 is 5.32 Å². The van der Waals surface area contributed by atoms with E-state index >= 15 is 0 Å². The fraction of sp³-hybridized carbons (Fsp3) is 0.360. The summed E-state index contributed by atoms with van der Waals surface area (Å²) in [5, 5.41) is 7.59. The van der Waals surface area contributed by atoms with Crippen LogP contribution in [-0.4, -0.2) is 41.5 Å². The van der Waals surface area contributed by atoms with E-state index in [4.69, 9.17) is 0 Å². The number of rotatable bonds is 6. The molecule has 0 spiro atoms. The molecule has 0 aliphatic carbocycles. The molecule has 0 unspecified atom stereocenters. The normalized spacial score (nSPS) is 14.9. The lowest BCUT2D eigenvalue weighted by Gasteiger charge is -2.26. The van der Waals surface area contributed by atoms with E-state index in [0.717, 1.165) is 47.5 Å². The van der Waals surface area contributed by atoms with Crippen molar-refractivity contribution in [2.75, 3.05) is 13.1 Å². The Labute approximate surface area is 195 Å². The molecule has 1 aliphatic rings. The van der Waals surface area contributed by atoms with Gasteiger partial charge in [-0.1, -0.05) is 30.7 Å². The maximum atomic E-state index is 13.1. The average Bonchev–Trinajstić information content (AvgIpc) is 3.12. The molecule has 2 heterocycles. The summed E-state index contributed by atoms with van der Waals surface area (Å²) in [5.74, 6) is -0.297. The standard InChI is InChI=1S/C25H30N4O3S/c1-18-12-13-22(33(31,32)28-14-8-5-9-15-28)16-23(18)25(30)26-17-24-19(2)27-29(20(24)3)21-10-6-4-7-11-21/h4,6-7,10-13,16H,5,8-9,14-15,17H2,1-3H3,(H,26,30). The van der Waals surface area contributed by atoms with Crippen molar-refractivity contribution in [1.82, 2.24) is 19.4 Å². The summed E-state index contributed by atoms with van der Waals surface area (Å²) in [6, 6.07) is 14.6. The summed E-state index contributed by atoms with van der Waals surface area (Å²) in [7, 11) is -3.60. The van der Waals surface area contributed by atoms with Gasteiger partial charge in [0.25, 0.3) is 5.91 Å². The van der Waals surface area contributed by atoms with Crippen LogP contribution in [0.2, 0.25) is 0 Å². The molecule has 33 heavy (non-hydrogen) atoms. The van der Waals surface area contributed by atoms with Gasteiger partial charge in [0.05, 0.1) is 16.3 Å². The van der Waals surface area contributed by atoms with Crippen molar-refractivity contribution in [2.45, 2.75) is 51.5 Å². The van der Waals surface area contributed by atoms with E-state index in [9.17, 15) is 13.2 Å². The molecule has 7 nitrogen and oxygen atoms in total. The Hall–Kier alpha value is -2.97. The molecule has 0 radical (unpaired) electrons. The van der Waals surface area contributed by atoms with Gasteiger partial charge < -0.3 is 5.32 Å². The second-order valence-corrected chi connectivity index (χ2v) is 10.5. The van der Waals surface area contributed by atoms with Gasteiger partial charge in [0.15, 0.2) is 0 Å². The van der Waals surface area contributed by atoms with Crippen LogP contribution in [0, 0.1) is 20.8 Å². The second-order valence-electron chi connectivity index (χ2n) is 8.52. The molecule has 1 fully saturated rings. The van der Waals surface area contributed by atoms with Crippen molar-refractivity contribution in [3.05, 3.63) is 76.6 Å². The van der Waals surface area contributed by atoms with E-state index in [2.05, 4.69) is 10.4 Å². The highest BCUT2D eigenvalue weighted by Gasteiger charge is 2.27. The van der Waals surface area contributed by atoms with Gasteiger partial charge in [-0.05, 0) is 63.4 Å². The molecule has 3 aromatic rings. The van der Waals surface area contributed by atoms with Gasteiger partial charge >= 0.3 is 0 Å². The molecule has 0 bridgehead atoms. The molecular weight excluding hydrogens is 436 g/mol. The van der Waals surface area contributed by atoms with Crippen molar-refractivity contribution in [1.29, 1.82) is 0 Å². The number of amides is 1. The molecule has 1 amide bonds. The second kappa shape index (κ2) is 9.49. The van der Waals surface area contributed by atoms with Crippen molar-refractivity contribution in [2.24, 2.45) is 0 Å². The quantitative estimate of drug-likeness (QED) is 0.597. The van der Waals surface area contributed by atoms with Crippen molar-refractivity contribution >= 4 is 15.9 Å². The van der Waals surface area contributed by atoms with Crippen LogP contribution in [0.4, 0.5) is 0 Å². The smallest absolute Gasteiger partial charge is 0.251 e. The van der Waals surface area contributed by atoms with Gasteiger partial charge in [-0.2, -0.15) is 9.40 Å². The number of carbonyl (C=O) groups excluding carboxylic acids is 1. The SMILES string of the molecule is Cc1ccc(S(=O)(=O)N2CCCCC2)cc1C(=O)NCc1c(C)nn(-c2ccccc2)c1C. The number of para-hydroxylation sites is 1. The third-order valence-electron chi connectivity index (χ3n) is 6.27. The monoisotopic (exact) mass is 466 g/mol. The van der Waals surface area contributed by atoms with Crippen LogP contribution in [0.5, 0.6) is 0 Å². The van der Waals surface area contributed by atoms with E-state index in [1.54, 1.807) is 12.1 Å². The fourth-order valence-corrected chi connectivity index (χ4v) is 5.82. The number of aryl methyl sites for hydroxylation is 2. The van der Waals surface area contributed by atoms with E-state index in [-0.39, 0.29) is 10.8 Å². The lowest BCUT2D eigenvalue weighted by Crippen LogP contribution is -2.35. The molecule has 2 aromatic carbocycles. The first-order valence-electron chi connectivity index (χ1n) is 11.3. The Morgan fingerprint density at radius 1 is 1.00 bits per heavy atom. The minimum atomic E-state index is -3.60. The van der Waals surface area contributed by atoms with Gasteiger partial charge in [-0.15, -0.1) is 0 Å². The Balaban J connectivity index is 1.54. The van der Waals surface area contributed by atoms with Crippen molar-refractivity contribution < 1.29 is 13.2 Å². The Morgan fingerprint density at radius 3 is 2.39 bits per heavy atom. The minimum absolute atomic E-state index is 0.171. The zero-order valence-electron chi connectivity index (χ0n) is 19.3. The number of sulfonamides is 1. The van der Waals surface area contributed by atoms with Crippen molar-refractivity contribution in [3.63, 3.8) is 0 Å². The first-order valence-corrected chi connectivity index (χ1v) is 12.7. The highest BCUT2D eigenvalue weighted by Crippen LogP contribution is 2.23. The first-order chi connectivity index (χ1) is 15.8. The molecule has 1 saturated heterocycles. The summed E-state index contributed by atoms with van der Waals surface area (Å²) in [5.41, 5.74) is 4.81. The fourth-order valence-electron chi connectivity index (χ4n) is 4.28. The van der Waals surface area contributed by atoms with Gasteiger partial charge in [-0.3, -0.25) is 4.79 Å². The lowest BCUT2D eigenvalue weighted by molar-refractivity contribution is 0.0950. The van der Waals surface area contributed by atoms with Gasteiger partial charge in [0.1, 0.15) is 0 Å². The molecule has 174 valence electrons. The van der Waals surface area contributed by atoms with Crippen LogP contribution >= 0.6 is 0 Å². The molecule has 0 saturated carbocycles. The molecule has 0 atom stereocenters. The maximum Gasteiger partial charge on any atom is 0.251 e. The Kier molecular flexibility index (Phi) is 6.67. The molecule has 1 N–H and O–H groups in total. The van der Waals surface area contributed by atoms with Crippen LogP contribution in [0.1, 0.15) is 52.1 Å². The van der Waals surface area contributed by atoms with E-state index in [1.165, 1.54) is 10.4 Å². The van der Waals surface area contributed by atoms with Crippen LogP contribution in [0.25, 0.3) is 5.69 Å². The van der Waals surface area contributed by atoms with Gasteiger partial charge in [-0.25, -0.2) is 13.1 Å². The third kappa shape index (κ3) is 4.72. The number of benzene rings is 2. The van der Waals surface area contributed by atoms with Crippen LogP contribution in [-0.2, 0) is 16.6 Å². The first kappa shape index (κ1) is 23.2.